The molecule has 0 aliphatic rings. The van der Waals surface area contributed by atoms with Gasteiger partial charge < -0.3 is 15.9 Å². The number of aliphatic hydroxyl groups is 2. The molecular formula is C22H43NO4. The standard InChI is InChI=1S/C22H43NO4/c1-4-5-6-7-8-9-10-11-12-13-14-15-16-17-20(26)21(23)22(27,18(2)24)19(3)25/h20-21,26-27H,4-17,23H2,1-3H3/t20-,21+/m1/s1. The predicted octanol–water partition coefficient (Wildman–Crippen LogP) is 4.07. The smallest absolute Gasteiger partial charge is 0.198 e. The first-order valence-electron chi connectivity index (χ1n) is 11.0. The van der Waals surface area contributed by atoms with Crippen LogP contribution in [0.15, 0.2) is 0 Å². The van der Waals surface area contributed by atoms with Crippen LogP contribution in [0, 0.1) is 0 Å². The van der Waals surface area contributed by atoms with Crippen LogP contribution in [0.2, 0.25) is 0 Å². The van der Waals surface area contributed by atoms with Crippen LogP contribution >= 0.6 is 0 Å². The summed E-state index contributed by atoms with van der Waals surface area (Å²) in [5.74, 6) is -1.43. The lowest BCUT2D eigenvalue weighted by Gasteiger charge is -2.32. The van der Waals surface area contributed by atoms with Crippen LogP contribution in [0.1, 0.15) is 111 Å². The molecule has 5 heteroatoms. The van der Waals surface area contributed by atoms with E-state index < -0.39 is 29.3 Å². The molecule has 0 aromatic carbocycles. The second kappa shape index (κ2) is 15.2. The van der Waals surface area contributed by atoms with Gasteiger partial charge in [-0.15, -0.1) is 0 Å². The largest absolute Gasteiger partial charge is 0.391 e. The topological polar surface area (TPSA) is 101 Å². The number of aliphatic hydroxyl groups excluding tert-OH is 1. The van der Waals surface area contributed by atoms with Crippen molar-refractivity contribution in [2.24, 2.45) is 5.73 Å². The maximum atomic E-state index is 11.6. The van der Waals surface area contributed by atoms with Gasteiger partial charge in [-0.1, -0.05) is 90.4 Å². The molecule has 5 nitrogen and oxygen atoms in total. The summed E-state index contributed by atoms with van der Waals surface area (Å²) in [7, 11) is 0. The molecule has 0 unspecified atom stereocenters. The van der Waals surface area contributed by atoms with Crippen molar-refractivity contribution in [3.8, 4) is 0 Å². The van der Waals surface area contributed by atoms with Gasteiger partial charge in [-0.3, -0.25) is 9.59 Å². The Kier molecular flexibility index (Phi) is 14.7. The number of ketones is 2. The third kappa shape index (κ3) is 10.4. The van der Waals surface area contributed by atoms with Crippen LogP contribution < -0.4 is 5.73 Å². The second-order valence-electron chi connectivity index (χ2n) is 8.00. The van der Waals surface area contributed by atoms with Crippen molar-refractivity contribution >= 4 is 11.6 Å². The Labute approximate surface area is 166 Å². The fraction of sp³-hybridized carbons (Fsp3) is 0.909. The van der Waals surface area contributed by atoms with Gasteiger partial charge in [0, 0.05) is 0 Å². The van der Waals surface area contributed by atoms with Crippen LogP contribution in [-0.2, 0) is 9.59 Å². The molecule has 27 heavy (non-hydrogen) atoms. The molecule has 0 aliphatic carbocycles. The number of carbonyl (C=O) groups excluding carboxylic acids is 2. The van der Waals surface area contributed by atoms with Crippen LogP contribution in [0.5, 0.6) is 0 Å². The van der Waals surface area contributed by atoms with Gasteiger partial charge in [0.25, 0.3) is 0 Å². The SMILES string of the molecule is CCCCCCCCCCCCCCC[C@@H](O)[C@H](N)C(O)(C(C)=O)C(C)=O. The fourth-order valence-corrected chi connectivity index (χ4v) is 3.55. The van der Waals surface area contributed by atoms with Gasteiger partial charge in [0.1, 0.15) is 0 Å². The minimum atomic E-state index is -2.28. The zero-order valence-corrected chi connectivity index (χ0v) is 17.8. The highest BCUT2D eigenvalue weighted by Gasteiger charge is 2.46. The number of nitrogens with two attached hydrogens (primary N) is 1. The molecular weight excluding hydrogens is 342 g/mol. The van der Waals surface area contributed by atoms with Gasteiger partial charge in [0.2, 0.25) is 0 Å². The van der Waals surface area contributed by atoms with Crippen molar-refractivity contribution in [2.75, 3.05) is 0 Å². The molecule has 160 valence electrons. The number of carbonyl (C=O) groups is 2. The monoisotopic (exact) mass is 385 g/mol. The van der Waals surface area contributed by atoms with E-state index in [-0.39, 0.29) is 0 Å². The van der Waals surface area contributed by atoms with E-state index in [1.165, 1.54) is 64.2 Å². The highest BCUT2D eigenvalue weighted by atomic mass is 16.3. The molecule has 0 aromatic rings. The first-order valence-corrected chi connectivity index (χ1v) is 11.0. The molecule has 0 rings (SSSR count). The minimum absolute atomic E-state index is 0.391. The second-order valence-corrected chi connectivity index (χ2v) is 8.00. The molecule has 0 fully saturated rings. The highest BCUT2D eigenvalue weighted by Crippen LogP contribution is 2.19. The highest BCUT2D eigenvalue weighted by molar-refractivity contribution is 6.09. The maximum absolute atomic E-state index is 11.6. The average molecular weight is 386 g/mol. The van der Waals surface area contributed by atoms with E-state index in [2.05, 4.69) is 6.92 Å². The van der Waals surface area contributed by atoms with E-state index in [4.69, 9.17) is 5.73 Å². The van der Waals surface area contributed by atoms with Crippen molar-refractivity contribution < 1.29 is 19.8 Å². The summed E-state index contributed by atoms with van der Waals surface area (Å²) >= 11 is 0. The number of unbranched alkanes of at least 4 members (excludes halogenated alkanes) is 12. The lowest BCUT2D eigenvalue weighted by molar-refractivity contribution is -0.154. The lowest BCUT2D eigenvalue weighted by Crippen LogP contribution is -2.62. The predicted molar refractivity (Wildman–Crippen MR) is 111 cm³/mol. The molecule has 0 aromatic heterocycles. The molecule has 0 bridgehead atoms. The molecule has 0 amide bonds. The Hall–Kier alpha value is -0.780. The number of rotatable bonds is 18. The molecule has 0 heterocycles. The summed E-state index contributed by atoms with van der Waals surface area (Å²) in [6.07, 6.45) is 15.4. The van der Waals surface area contributed by atoms with E-state index >= 15 is 0 Å². The fourth-order valence-electron chi connectivity index (χ4n) is 3.55. The number of Topliss-reactive ketones (excluding diaryl/α,β-unsaturated/α-hetero) is 2. The molecule has 0 saturated heterocycles. The molecule has 0 saturated carbocycles. The molecule has 0 radical (unpaired) electrons. The van der Waals surface area contributed by atoms with E-state index in [9.17, 15) is 19.8 Å². The summed E-state index contributed by atoms with van der Waals surface area (Å²) in [4.78, 5) is 23.2. The van der Waals surface area contributed by atoms with E-state index in [1.807, 2.05) is 0 Å². The van der Waals surface area contributed by atoms with Crippen LogP contribution in [0.25, 0.3) is 0 Å². The van der Waals surface area contributed by atoms with E-state index in [1.54, 1.807) is 0 Å². The summed E-state index contributed by atoms with van der Waals surface area (Å²) in [6.45, 7) is 4.49. The van der Waals surface area contributed by atoms with Gasteiger partial charge in [0.15, 0.2) is 17.2 Å². The molecule has 0 aliphatic heterocycles. The van der Waals surface area contributed by atoms with E-state index in [0.29, 0.717) is 6.42 Å². The van der Waals surface area contributed by atoms with Crippen LogP contribution in [-0.4, -0.2) is 39.5 Å². The first kappa shape index (κ1) is 26.2. The van der Waals surface area contributed by atoms with Crippen molar-refractivity contribution in [1.29, 1.82) is 0 Å². The Balaban J connectivity index is 3.72. The lowest BCUT2D eigenvalue weighted by atomic mass is 9.82. The van der Waals surface area contributed by atoms with Gasteiger partial charge in [0.05, 0.1) is 12.1 Å². The number of hydrogen-bond acceptors (Lipinski definition) is 5. The maximum Gasteiger partial charge on any atom is 0.198 e. The van der Waals surface area contributed by atoms with Gasteiger partial charge in [-0.05, 0) is 20.3 Å². The Morgan fingerprint density at radius 1 is 0.778 bits per heavy atom. The van der Waals surface area contributed by atoms with Gasteiger partial charge in [-0.25, -0.2) is 0 Å². The molecule has 2 atom stereocenters. The zero-order chi connectivity index (χ0) is 20.7. The average Bonchev–Trinajstić information content (AvgIpc) is 2.63. The van der Waals surface area contributed by atoms with Crippen LogP contribution in [0.3, 0.4) is 0 Å². The van der Waals surface area contributed by atoms with Crippen molar-refractivity contribution in [1.82, 2.24) is 0 Å². The Bertz CT molecular complexity index is 397. The first-order chi connectivity index (χ1) is 12.8. The van der Waals surface area contributed by atoms with Crippen molar-refractivity contribution in [3.63, 3.8) is 0 Å². The zero-order valence-electron chi connectivity index (χ0n) is 17.8. The normalized spacial score (nSPS) is 14.1. The summed E-state index contributed by atoms with van der Waals surface area (Å²) in [5.41, 5.74) is 3.52. The molecule has 0 spiro atoms. The Morgan fingerprint density at radius 2 is 1.11 bits per heavy atom. The van der Waals surface area contributed by atoms with Gasteiger partial charge in [-0.2, -0.15) is 0 Å². The number of hydrogen-bond donors (Lipinski definition) is 3. The summed E-state index contributed by atoms with van der Waals surface area (Å²) in [6, 6.07) is -1.27. The summed E-state index contributed by atoms with van der Waals surface area (Å²) in [5, 5.41) is 20.4. The summed E-state index contributed by atoms with van der Waals surface area (Å²) < 4.78 is 0. The molecule has 4 N–H and O–H groups in total. The van der Waals surface area contributed by atoms with Crippen molar-refractivity contribution in [3.05, 3.63) is 0 Å². The van der Waals surface area contributed by atoms with Crippen molar-refractivity contribution in [2.45, 2.75) is 128 Å². The quantitative estimate of drug-likeness (QED) is 0.244. The Morgan fingerprint density at radius 3 is 1.44 bits per heavy atom. The third-order valence-corrected chi connectivity index (χ3v) is 5.57. The van der Waals surface area contributed by atoms with Gasteiger partial charge >= 0.3 is 0 Å². The van der Waals surface area contributed by atoms with Crippen LogP contribution in [0.4, 0.5) is 0 Å². The van der Waals surface area contributed by atoms with E-state index in [0.717, 1.165) is 33.1 Å². The minimum Gasteiger partial charge on any atom is -0.391 e. The third-order valence-electron chi connectivity index (χ3n) is 5.57.